The summed E-state index contributed by atoms with van der Waals surface area (Å²) in [4.78, 5) is 12.2. The summed E-state index contributed by atoms with van der Waals surface area (Å²) in [5, 5.41) is 12.5. The SMILES string of the molecule is Cc1cc(NC(=O)c2ccc(Br)c(C)c2)c(C)cc1O. The molecule has 0 aliphatic carbocycles. The molecule has 4 heteroatoms. The van der Waals surface area contributed by atoms with Crippen LogP contribution in [0.3, 0.4) is 0 Å². The van der Waals surface area contributed by atoms with E-state index in [-0.39, 0.29) is 11.7 Å². The van der Waals surface area contributed by atoms with Crippen LogP contribution in [0.5, 0.6) is 5.75 Å². The molecule has 0 unspecified atom stereocenters. The molecule has 0 saturated heterocycles. The Labute approximate surface area is 126 Å². The van der Waals surface area contributed by atoms with Crippen LogP contribution < -0.4 is 5.32 Å². The maximum absolute atomic E-state index is 12.2. The fraction of sp³-hybridized carbons (Fsp3) is 0.188. The highest BCUT2D eigenvalue weighted by Crippen LogP contribution is 2.25. The van der Waals surface area contributed by atoms with Gasteiger partial charge in [0.05, 0.1) is 0 Å². The van der Waals surface area contributed by atoms with E-state index in [1.54, 1.807) is 25.1 Å². The van der Waals surface area contributed by atoms with E-state index < -0.39 is 0 Å². The highest BCUT2D eigenvalue weighted by Gasteiger charge is 2.10. The van der Waals surface area contributed by atoms with E-state index in [0.717, 1.165) is 21.2 Å². The molecule has 0 fully saturated rings. The van der Waals surface area contributed by atoms with Gasteiger partial charge in [-0.05, 0) is 67.8 Å². The number of carbonyl (C=O) groups is 1. The summed E-state index contributed by atoms with van der Waals surface area (Å²) in [6.45, 7) is 5.59. The second kappa shape index (κ2) is 5.67. The fourth-order valence-corrected chi connectivity index (χ4v) is 2.16. The molecule has 0 aromatic heterocycles. The lowest BCUT2D eigenvalue weighted by molar-refractivity contribution is 0.102. The van der Waals surface area contributed by atoms with Crippen molar-refractivity contribution in [1.82, 2.24) is 0 Å². The Kier molecular flexibility index (Phi) is 4.14. The van der Waals surface area contributed by atoms with Gasteiger partial charge in [0.2, 0.25) is 0 Å². The number of benzene rings is 2. The summed E-state index contributed by atoms with van der Waals surface area (Å²) < 4.78 is 0.978. The number of phenols is 1. The normalized spacial score (nSPS) is 10.4. The molecular formula is C16H16BrNO2. The standard InChI is InChI=1S/C16H16BrNO2/c1-9-6-12(4-5-13(9)17)16(20)18-14-7-11(3)15(19)8-10(14)2/h4-8,19H,1-3H3,(H,18,20). The minimum absolute atomic E-state index is 0.159. The maximum atomic E-state index is 12.2. The molecule has 0 atom stereocenters. The number of anilines is 1. The molecule has 0 aliphatic heterocycles. The van der Waals surface area contributed by atoms with E-state index in [1.807, 2.05) is 26.0 Å². The lowest BCUT2D eigenvalue weighted by Gasteiger charge is -2.11. The molecule has 3 nitrogen and oxygen atoms in total. The summed E-state index contributed by atoms with van der Waals surface area (Å²) in [5.41, 5.74) is 3.89. The number of aryl methyl sites for hydroxylation is 3. The number of aromatic hydroxyl groups is 1. The first kappa shape index (κ1) is 14.6. The van der Waals surface area contributed by atoms with Gasteiger partial charge in [0, 0.05) is 15.7 Å². The quantitative estimate of drug-likeness (QED) is 0.803. The number of rotatable bonds is 2. The Bertz CT molecular complexity index is 680. The highest BCUT2D eigenvalue weighted by molar-refractivity contribution is 9.10. The van der Waals surface area contributed by atoms with Gasteiger partial charge in [-0.15, -0.1) is 0 Å². The minimum atomic E-state index is -0.159. The minimum Gasteiger partial charge on any atom is -0.508 e. The van der Waals surface area contributed by atoms with Crippen molar-refractivity contribution in [3.8, 4) is 5.75 Å². The molecule has 2 aromatic carbocycles. The first-order chi connectivity index (χ1) is 9.38. The molecular weight excluding hydrogens is 318 g/mol. The van der Waals surface area contributed by atoms with Gasteiger partial charge in [-0.1, -0.05) is 15.9 Å². The van der Waals surface area contributed by atoms with Gasteiger partial charge >= 0.3 is 0 Å². The molecule has 2 rings (SSSR count). The lowest BCUT2D eigenvalue weighted by Crippen LogP contribution is -2.13. The summed E-state index contributed by atoms with van der Waals surface area (Å²) in [7, 11) is 0. The molecule has 0 bridgehead atoms. The summed E-state index contributed by atoms with van der Waals surface area (Å²) in [6, 6.07) is 8.89. The third-order valence-corrected chi connectivity index (χ3v) is 4.10. The van der Waals surface area contributed by atoms with Crippen molar-refractivity contribution in [3.63, 3.8) is 0 Å². The number of amides is 1. The van der Waals surface area contributed by atoms with Crippen LogP contribution >= 0.6 is 15.9 Å². The van der Waals surface area contributed by atoms with E-state index in [0.29, 0.717) is 11.3 Å². The molecule has 104 valence electrons. The van der Waals surface area contributed by atoms with Crippen molar-refractivity contribution in [1.29, 1.82) is 0 Å². The van der Waals surface area contributed by atoms with Crippen LogP contribution in [0.25, 0.3) is 0 Å². The van der Waals surface area contributed by atoms with E-state index in [1.165, 1.54) is 0 Å². The molecule has 0 aliphatic rings. The van der Waals surface area contributed by atoms with E-state index in [9.17, 15) is 9.90 Å². The number of phenolic OH excluding ortho intramolecular Hbond substituents is 1. The third kappa shape index (κ3) is 3.02. The molecule has 0 spiro atoms. The first-order valence-corrected chi connectivity index (χ1v) is 7.05. The number of halogens is 1. The van der Waals surface area contributed by atoms with E-state index in [4.69, 9.17) is 0 Å². The van der Waals surface area contributed by atoms with Crippen LogP contribution in [-0.2, 0) is 0 Å². The van der Waals surface area contributed by atoms with Crippen LogP contribution in [0.2, 0.25) is 0 Å². The number of hydrogen-bond donors (Lipinski definition) is 2. The average molecular weight is 334 g/mol. The van der Waals surface area contributed by atoms with Crippen molar-refractivity contribution >= 4 is 27.5 Å². The van der Waals surface area contributed by atoms with Gasteiger partial charge in [-0.25, -0.2) is 0 Å². The molecule has 0 heterocycles. The van der Waals surface area contributed by atoms with Gasteiger partial charge in [0.15, 0.2) is 0 Å². The highest BCUT2D eigenvalue weighted by atomic mass is 79.9. The van der Waals surface area contributed by atoms with Crippen molar-refractivity contribution in [2.45, 2.75) is 20.8 Å². The lowest BCUT2D eigenvalue weighted by atomic mass is 10.1. The maximum Gasteiger partial charge on any atom is 0.255 e. The molecule has 2 N–H and O–H groups in total. The molecule has 20 heavy (non-hydrogen) atoms. The van der Waals surface area contributed by atoms with Gasteiger partial charge in [0.25, 0.3) is 5.91 Å². The smallest absolute Gasteiger partial charge is 0.255 e. The van der Waals surface area contributed by atoms with Gasteiger partial charge < -0.3 is 10.4 Å². The summed E-state index contributed by atoms with van der Waals surface area (Å²) in [6.07, 6.45) is 0. The van der Waals surface area contributed by atoms with Crippen LogP contribution in [0.15, 0.2) is 34.8 Å². The van der Waals surface area contributed by atoms with E-state index in [2.05, 4.69) is 21.2 Å². The zero-order valence-electron chi connectivity index (χ0n) is 11.6. The Balaban J connectivity index is 2.27. The second-order valence-electron chi connectivity index (χ2n) is 4.87. The first-order valence-electron chi connectivity index (χ1n) is 6.26. The van der Waals surface area contributed by atoms with Gasteiger partial charge in [-0.2, -0.15) is 0 Å². The zero-order valence-corrected chi connectivity index (χ0v) is 13.2. The molecule has 1 amide bonds. The molecule has 2 aromatic rings. The van der Waals surface area contributed by atoms with Crippen LogP contribution in [-0.4, -0.2) is 11.0 Å². The van der Waals surface area contributed by atoms with Crippen molar-refractivity contribution in [2.24, 2.45) is 0 Å². The number of hydrogen-bond acceptors (Lipinski definition) is 2. The van der Waals surface area contributed by atoms with Gasteiger partial charge in [0.1, 0.15) is 5.75 Å². The van der Waals surface area contributed by atoms with Crippen molar-refractivity contribution < 1.29 is 9.90 Å². The summed E-state index contributed by atoms with van der Waals surface area (Å²) >= 11 is 3.41. The fourth-order valence-electron chi connectivity index (χ4n) is 1.92. The average Bonchev–Trinajstić information content (AvgIpc) is 2.39. The van der Waals surface area contributed by atoms with Crippen LogP contribution in [0.1, 0.15) is 27.0 Å². The predicted octanol–water partition coefficient (Wildman–Crippen LogP) is 4.33. The Morgan fingerprint density at radius 1 is 1.05 bits per heavy atom. The molecule has 0 saturated carbocycles. The second-order valence-corrected chi connectivity index (χ2v) is 5.73. The van der Waals surface area contributed by atoms with E-state index >= 15 is 0 Å². The Morgan fingerprint density at radius 2 is 1.75 bits per heavy atom. The monoisotopic (exact) mass is 333 g/mol. The van der Waals surface area contributed by atoms with Crippen LogP contribution in [0.4, 0.5) is 5.69 Å². The van der Waals surface area contributed by atoms with Crippen molar-refractivity contribution in [2.75, 3.05) is 5.32 Å². The summed E-state index contributed by atoms with van der Waals surface area (Å²) in [5.74, 6) is 0.0776. The number of carbonyl (C=O) groups excluding carboxylic acids is 1. The molecule has 0 radical (unpaired) electrons. The van der Waals surface area contributed by atoms with Crippen molar-refractivity contribution in [3.05, 3.63) is 57.1 Å². The largest absolute Gasteiger partial charge is 0.508 e. The Morgan fingerprint density at radius 3 is 2.40 bits per heavy atom. The Hall–Kier alpha value is -1.81. The third-order valence-electron chi connectivity index (χ3n) is 3.21. The zero-order chi connectivity index (χ0) is 14.9. The van der Waals surface area contributed by atoms with Gasteiger partial charge in [-0.3, -0.25) is 4.79 Å². The topological polar surface area (TPSA) is 49.3 Å². The number of nitrogens with one attached hydrogen (secondary N) is 1. The predicted molar refractivity (Wildman–Crippen MR) is 84.4 cm³/mol. The van der Waals surface area contributed by atoms with Crippen LogP contribution in [0, 0.1) is 20.8 Å².